The van der Waals surface area contributed by atoms with Crippen molar-refractivity contribution in [3.8, 4) is 0 Å². The number of carbonyl (C=O) groups is 1. The molecule has 0 saturated heterocycles. The van der Waals surface area contributed by atoms with E-state index in [4.69, 9.17) is 0 Å². The number of nitrogens with zero attached hydrogens (tertiary/aromatic N) is 1. The SMILES string of the molecule is CSc1nc(/C=C(\C)[C@H](O)CC(C)=O)cs1. The van der Waals surface area contributed by atoms with Gasteiger partial charge in [-0.15, -0.1) is 11.3 Å². The second-order valence-corrected chi connectivity index (χ2v) is 5.46. The Bertz CT molecular complexity index is 398. The molecule has 0 spiro atoms. The molecule has 1 atom stereocenters. The van der Waals surface area contributed by atoms with Crippen LogP contribution in [0.4, 0.5) is 0 Å². The Balaban J connectivity index is 2.71. The number of aromatic nitrogens is 1. The molecule has 1 rings (SSSR count). The van der Waals surface area contributed by atoms with Gasteiger partial charge in [0.25, 0.3) is 0 Å². The van der Waals surface area contributed by atoms with Gasteiger partial charge in [0.15, 0.2) is 0 Å². The van der Waals surface area contributed by atoms with Crippen LogP contribution in [-0.4, -0.2) is 28.2 Å². The average molecular weight is 257 g/mol. The van der Waals surface area contributed by atoms with Gasteiger partial charge < -0.3 is 5.11 Å². The molecule has 0 aliphatic heterocycles. The van der Waals surface area contributed by atoms with Gasteiger partial charge in [-0.2, -0.15) is 0 Å². The number of thioether (sulfide) groups is 1. The van der Waals surface area contributed by atoms with Crippen molar-refractivity contribution in [2.24, 2.45) is 0 Å². The summed E-state index contributed by atoms with van der Waals surface area (Å²) in [7, 11) is 0. The normalized spacial score (nSPS) is 13.9. The Morgan fingerprint density at radius 3 is 2.88 bits per heavy atom. The van der Waals surface area contributed by atoms with Gasteiger partial charge >= 0.3 is 0 Å². The Morgan fingerprint density at radius 1 is 1.69 bits per heavy atom. The quantitative estimate of drug-likeness (QED) is 0.824. The fraction of sp³-hybridized carbons (Fsp3) is 0.455. The molecule has 0 aliphatic carbocycles. The largest absolute Gasteiger partial charge is 0.388 e. The highest BCUT2D eigenvalue weighted by Crippen LogP contribution is 2.21. The van der Waals surface area contributed by atoms with Crippen molar-refractivity contribution >= 4 is 35.0 Å². The predicted molar refractivity (Wildman–Crippen MR) is 68.9 cm³/mol. The lowest BCUT2D eigenvalue weighted by molar-refractivity contribution is -0.118. The molecule has 1 heterocycles. The van der Waals surface area contributed by atoms with Crippen molar-refractivity contribution in [3.05, 3.63) is 16.6 Å². The lowest BCUT2D eigenvalue weighted by Gasteiger charge is -2.08. The van der Waals surface area contributed by atoms with Crippen LogP contribution < -0.4 is 0 Å². The second-order valence-electron chi connectivity index (χ2n) is 3.55. The maximum absolute atomic E-state index is 10.9. The van der Waals surface area contributed by atoms with Gasteiger partial charge in [-0.1, -0.05) is 11.8 Å². The molecule has 1 N–H and O–H groups in total. The van der Waals surface area contributed by atoms with E-state index in [1.165, 1.54) is 6.92 Å². The standard InChI is InChI=1S/C11H15NO2S2/c1-7(10(14)5-8(2)13)4-9-6-16-11(12-9)15-3/h4,6,10,14H,5H2,1-3H3/b7-4+/t10-/m1/s1. The number of rotatable bonds is 5. The van der Waals surface area contributed by atoms with Gasteiger partial charge in [0.05, 0.1) is 11.8 Å². The van der Waals surface area contributed by atoms with Gasteiger partial charge in [0, 0.05) is 11.8 Å². The van der Waals surface area contributed by atoms with Gasteiger partial charge in [-0.3, -0.25) is 4.79 Å². The van der Waals surface area contributed by atoms with Crippen LogP contribution in [-0.2, 0) is 4.79 Å². The minimum Gasteiger partial charge on any atom is -0.388 e. The molecular formula is C11H15NO2S2. The van der Waals surface area contributed by atoms with Gasteiger partial charge in [0.2, 0.25) is 0 Å². The third kappa shape index (κ3) is 4.08. The molecule has 0 fully saturated rings. The summed E-state index contributed by atoms with van der Waals surface area (Å²) in [6.07, 6.45) is 3.27. The van der Waals surface area contributed by atoms with Crippen LogP contribution in [0, 0.1) is 0 Å². The summed E-state index contributed by atoms with van der Waals surface area (Å²) in [5.74, 6) is -0.0108. The number of thiazole rings is 1. The highest BCUT2D eigenvalue weighted by atomic mass is 32.2. The van der Waals surface area contributed by atoms with E-state index in [2.05, 4.69) is 4.98 Å². The highest BCUT2D eigenvalue weighted by molar-refractivity contribution is 8.00. The summed E-state index contributed by atoms with van der Waals surface area (Å²) in [5.41, 5.74) is 1.61. The fourth-order valence-electron chi connectivity index (χ4n) is 1.19. The van der Waals surface area contributed by atoms with E-state index in [0.717, 1.165) is 15.6 Å². The van der Waals surface area contributed by atoms with Crippen molar-refractivity contribution < 1.29 is 9.90 Å². The highest BCUT2D eigenvalue weighted by Gasteiger charge is 2.09. The third-order valence-electron chi connectivity index (χ3n) is 2.06. The second kappa shape index (κ2) is 6.18. The smallest absolute Gasteiger partial charge is 0.150 e. The Hall–Kier alpha value is -0.650. The van der Waals surface area contributed by atoms with Crippen LogP contribution in [0.2, 0.25) is 0 Å². The van der Waals surface area contributed by atoms with Crippen LogP contribution in [0.15, 0.2) is 15.3 Å². The molecule has 0 unspecified atom stereocenters. The van der Waals surface area contributed by atoms with Gasteiger partial charge in [-0.05, 0) is 31.8 Å². The zero-order valence-electron chi connectivity index (χ0n) is 9.56. The topological polar surface area (TPSA) is 50.2 Å². The fourth-order valence-corrected chi connectivity index (χ4v) is 2.42. The van der Waals surface area contributed by atoms with E-state index < -0.39 is 6.10 Å². The molecule has 0 bridgehead atoms. The minimum absolute atomic E-state index is 0.0108. The lowest BCUT2D eigenvalue weighted by atomic mass is 10.1. The number of aliphatic hydroxyl groups is 1. The predicted octanol–water partition coefficient (Wildman–Crippen LogP) is 2.61. The van der Waals surface area contributed by atoms with Crippen LogP contribution in [0.5, 0.6) is 0 Å². The Labute approximate surface area is 104 Å². The first-order valence-electron chi connectivity index (χ1n) is 4.88. The van der Waals surface area contributed by atoms with E-state index >= 15 is 0 Å². The number of carbonyl (C=O) groups excluding carboxylic acids is 1. The van der Waals surface area contributed by atoms with E-state index in [1.54, 1.807) is 23.1 Å². The molecular weight excluding hydrogens is 242 g/mol. The first kappa shape index (κ1) is 13.4. The zero-order valence-corrected chi connectivity index (χ0v) is 11.2. The van der Waals surface area contributed by atoms with E-state index in [0.29, 0.717) is 0 Å². The molecule has 1 aromatic rings. The monoisotopic (exact) mass is 257 g/mol. The molecule has 3 nitrogen and oxygen atoms in total. The van der Waals surface area contributed by atoms with Gasteiger partial charge in [-0.25, -0.2) is 4.98 Å². The molecule has 0 aliphatic rings. The van der Waals surface area contributed by atoms with E-state index in [9.17, 15) is 9.90 Å². The molecule has 16 heavy (non-hydrogen) atoms. The van der Waals surface area contributed by atoms with E-state index in [1.807, 2.05) is 24.6 Å². The Kier molecular flexibility index (Phi) is 5.18. The third-order valence-corrected chi connectivity index (χ3v) is 3.94. The summed E-state index contributed by atoms with van der Waals surface area (Å²) >= 11 is 3.17. The number of hydrogen-bond acceptors (Lipinski definition) is 5. The molecule has 0 amide bonds. The molecule has 0 radical (unpaired) electrons. The van der Waals surface area contributed by atoms with Crippen molar-refractivity contribution in [2.45, 2.75) is 30.7 Å². The van der Waals surface area contributed by atoms with Crippen LogP contribution in [0.1, 0.15) is 26.0 Å². The van der Waals surface area contributed by atoms with Crippen molar-refractivity contribution in [1.82, 2.24) is 4.98 Å². The number of Topliss-reactive ketones (excluding diaryl/α,β-unsaturated/α-hetero) is 1. The summed E-state index contributed by atoms with van der Waals surface area (Å²) in [6, 6.07) is 0. The average Bonchev–Trinajstić information content (AvgIpc) is 2.64. The molecule has 1 aromatic heterocycles. The van der Waals surface area contributed by atoms with Crippen molar-refractivity contribution in [1.29, 1.82) is 0 Å². The molecule has 5 heteroatoms. The maximum Gasteiger partial charge on any atom is 0.150 e. The summed E-state index contributed by atoms with van der Waals surface area (Å²) in [4.78, 5) is 15.2. The van der Waals surface area contributed by atoms with Gasteiger partial charge in [0.1, 0.15) is 10.1 Å². The first-order chi connectivity index (χ1) is 7.52. The number of ketones is 1. The Morgan fingerprint density at radius 2 is 2.38 bits per heavy atom. The summed E-state index contributed by atoms with van der Waals surface area (Å²) < 4.78 is 1.00. The van der Waals surface area contributed by atoms with E-state index in [-0.39, 0.29) is 12.2 Å². The minimum atomic E-state index is -0.697. The zero-order chi connectivity index (χ0) is 12.1. The lowest BCUT2D eigenvalue weighted by Crippen LogP contribution is -2.12. The van der Waals surface area contributed by atoms with Crippen LogP contribution >= 0.6 is 23.1 Å². The van der Waals surface area contributed by atoms with Crippen LogP contribution in [0.3, 0.4) is 0 Å². The summed E-state index contributed by atoms with van der Waals surface area (Å²) in [5, 5.41) is 11.6. The maximum atomic E-state index is 10.9. The molecule has 0 aromatic carbocycles. The molecule has 0 saturated carbocycles. The van der Waals surface area contributed by atoms with Crippen LogP contribution in [0.25, 0.3) is 6.08 Å². The number of hydrogen-bond donors (Lipinski definition) is 1. The van der Waals surface area contributed by atoms with Crippen molar-refractivity contribution in [3.63, 3.8) is 0 Å². The van der Waals surface area contributed by atoms with Crippen molar-refractivity contribution in [2.75, 3.05) is 6.26 Å². The summed E-state index contributed by atoms with van der Waals surface area (Å²) in [6.45, 7) is 3.29. The number of aliphatic hydroxyl groups excluding tert-OH is 1. The molecule has 88 valence electrons. The first-order valence-corrected chi connectivity index (χ1v) is 6.98.